The van der Waals surface area contributed by atoms with Crippen molar-refractivity contribution in [1.29, 1.82) is 5.26 Å². The van der Waals surface area contributed by atoms with E-state index in [0.29, 0.717) is 17.0 Å². The Balaban J connectivity index is 2.07. The third-order valence-electron chi connectivity index (χ3n) is 3.49. The van der Waals surface area contributed by atoms with Gasteiger partial charge in [0.15, 0.2) is 6.10 Å². The predicted molar refractivity (Wildman–Crippen MR) is 92.4 cm³/mol. The number of amides is 1. The maximum Gasteiger partial charge on any atom is 0.342 e. The van der Waals surface area contributed by atoms with E-state index in [2.05, 4.69) is 5.32 Å². The summed E-state index contributed by atoms with van der Waals surface area (Å²) in [5, 5.41) is 11.5. The second kappa shape index (κ2) is 7.97. The third kappa shape index (κ3) is 4.58. The fourth-order valence-electron chi connectivity index (χ4n) is 2.17. The molecule has 0 spiro atoms. The Morgan fingerprint density at radius 1 is 1.20 bits per heavy atom. The second-order valence-corrected chi connectivity index (χ2v) is 5.43. The minimum absolute atomic E-state index is 0.258. The summed E-state index contributed by atoms with van der Waals surface area (Å²) in [5.74, 6) is -0.756. The number of nitrogens with zero attached hydrogens (tertiary/aromatic N) is 1. The lowest BCUT2D eigenvalue weighted by Crippen LogP contribution is -2.30. The molecule has 1 amide bonds. The molecule has 0 aliphatic heterocycles. The topological polar surface area (TPSA) is 88.4 Å². The molecular formula is C19H18N2O4. The first kappa shape index (κ1) is 18.0. The van der Waals surface area contributed by atoms with Crippen molar-refractivity contribution in [3.8, 4) is 11.8 Å². The van der Waals surface area contributed by atoms with Crippen molar-refractivity contribution in [2.24, 2.45) is 0 Å². The lowest BCUT2D eigenvalue weighted by molar-refractivity contribution is -0.123. The molecule has 0 bridgehead atoms. The molecule has 0 saturated heterocycles. The lowest BCUT2D eigenvalue weighted by atomic mass is 10.1. The molecule has 2 aromatic rings. The van der Waals surface area contributed by atoms with Gasteiger partial charge >= 0.3 is 5.97 Å². The van der Waals surface area contributed by atoms with Crippen LogP contribution in [0.25, 0.3) is 0 Å². The molecule has 6 nitrogen and oxygen atoms in total. The molecule has 0 aromatic heterocycles. The fourth-order valence-corrected chi connectivity index (χ4v) is 2.17. The van der Waals surface area contributed by atoms with Crippen LogP contribution >= 0.6 is 0 Å². The van der Waals surface area contributed by atoms with Crippen LogP contribution in [0.2, 0.25) is 0 Å². The number of carbonyl (C=O) groups is 2. The van der Waals surface area contributed by atoms with Crippen molar-refractivity contribution in [2.75, 3.05) is 12.4 Å². The number of methoxy groups -OCH3 is 1. The highest BCUT2D eigenvalue weighted by atomic mass is 16.5. The zero-order valence-electron chi connectivity index (χ0n) is 14.2. The molecule has 0 aliphatic carbocycles. The van der Waals surface area contributed by atoms with Gasteiger partial charge in [0.05, 0.1) is 18.7 Å². The molecule has 0 aliphatic rings. The zero-order chi connectivity index (χ0) is 18.4. The Labute approximate surface area is 146 Å². The number of anilines is 1. The van der Waals surface area contributed by atoms with Gasteiger partial charge in [0, 0.05) is 5.69 Å². The number of rotatable bonds is 5. The zero-order valence-corrected chi connectivity index (χ0v) is 14.2. The van der Waals surface area contributed by atoms with Gasteiger partial charge < -0.3 is 14.8 Å². The van der Waals surface area contributed by atoms with Crippen LogP contribution in [0, 0.1) is 18.3 Å². The normalized spacial score (nSPS) is 11.1. The van der Waals surface area contributed by atoms with Crippen LogP contribution in [0.4, 0.5) is 5.69 Å². The van der Waals surface area contributed by atoms with Crippen LogP contribution in [0.15, 0.2) is 42.5 Å². The monoisotopic (exact) mass is 338 g/mol. The van der Waals surface area contributed by atoms with Crippen molar-refractivity contribution in [2.45, 2.75) is 20.0 Å². The van der Waals surface area contributed by atoms with Crippen molar-refractivity contribution in [3.63, 3.8) is 0 Å². The summed E-state index contributed by atoms with van der Waals surface area (Å²) in [5.41, 5.74) is 2.01. The van der Waals surface area contributed by atoms with Crippen LogP contribution < -0.4 is 10.1 Å². The number of aryl methyl sites for hydroxylation is 1. The number of nitrogens with one attached hydrogen (secondary N) is 1. The minimum atomic E-state index is -1.01. The largest absolute Gasteiger partial charge is 0.496 e. The van der Waals surface area contributed by atoms with Gasteiger partial charge in [-0.15, -0.1) is 0 Å². The van der Waals surface area contributed by atoms with E-state index in [1.165, 1.54) is 20.1 Å². The summed E-state index contributed by atoms with van der Waals surface area (Å²) in [6.45, 7) is 3.32. The Bertz CT molecular complexity index is 840. The van der Waals surface area contributed by atoms with Gasteiger partial charge in [-0.2, -0.15) is 5.26 Å². The highest BCUT2D eigenvalue weighted by molar-refractivity contribution is 5.98. The van der Waals surface area contributed by atoms with Crippen molar-refractivity contribution < 1.29 is 19.1 Å². The molecule has 1 atom stereocenters. The first-order chi connectivity index (χ1) is 11.9. The molecule has 0 fully saturated rings. The first-order valence-corrected chi connectivity index (χ1v) is 7.61. The maximum atomic E-state index is 12.3. The Kier molecular flexibility index (Phi) is 5.75. The van der Waals surface area contributed by atoms with Gasteiger partial charge in [0.1, 0.15) is 11.3 Å². The molecule has 0 unspecified atom stereocenters. The third-order valence-corrected chi connectivity index (χ3v) is 3.49. The summed E-state index contributed by atoms with van der Waals surface area (Å²) in [4.78, 5) is 24.5. The second-order valence-electron chi connectivity index (χ2n) is 5.43. The van der Waals surface area contributed by atoms with E-state index in [9.17, 15) is 9.59 Å². The van der Waals surface area contributed by atoms with E-state index in [0.717, 1.165) is 5.56 Å². The van der Waals surface area contributed by atoms with Crippen LogP contribution in [0.3, 0.4) is 0 Å². The molecule has 1 N–H and O–H groups in total. The van der Waals surface area contributed by atoms with E-state index >= 15 is 0 Å². The van der Waals surface area contributed by atoms with Gasteiger partial charge in [-0.05, 0) is 44.2 Å². The van der Waals surface area contributed by atoms with Crippen molar-refractivity contribution in [1.82, 2.24) is 0 Å². The lowest BCUT2D eigenvalue weighted by Gasteiger charge is -2.15. The van der Waals surface area contributed by atoms with Gasteiger partial charge in [-0.25, -0.2) is 4.79 Å². The minimum Gasteiger partial charge on any atom is -0.496 e. The van der Waals surface area contributed by atoms with Crippen molar-refractivity contribution in [3.05, 3.63) is 59.2 Å². The molecule has 2 aromatic carbocycles. The molecule has 2 rings (SSSR count). The Morgan fingerprint density at radius 3 is 2.64 bits per heavy atom. The number of carbonyl (C=O) groups excluding carboxylic acids is 2. The van der Waals surface area contributed by atoms with E-state index in [-0.39, 0.29) is 5.56 Å². The molecule has 0 radical (unpaired) electrons. The van der Waals surface area contributed by atoms with Gasteiger partial charge in [-0.3, -0.25) is 4.79 Å². The summed E-state index contributed by atoms with van der Waals surface area (Å²) in [6.07, 6.45) is -1.01. The van der Waals surface area contributed by atoms with Gasteiger partial charge in [0.2, 0.25) is 0 Å². The van der Waals surface area contributed by atoms with Gasteiger partial charge in [0.25, 0.3) is 5.91 Å². The quantitative estimate of drug-likeness (QED) is 0.847. The molecule has 0 saturated carbocycles. The van der Waals surface area contributed by atoms with Crippen molar-refractivity contribution >= 4 is 17.6 Å². The smallest absolute Gasteiger partial charge is 0.342 e. The Hall–Kier alpha value is -3.33. The molecule has 128 valence electrons. The van der Waals surface area contributed by atoms with E-state index < -0.39 is 18.0 Å². The highest BCUT2D eigenvalue weighted by Crippen LogP contribution is 2.21. The summed E-state index contributed by atoms with van der Waals surface area (Å²) < 4.78 is 10.4. The maximum absolute atomic E-state index is 12.3. The molecular weight excluding hydrogens is 320 g/mol. The number of hydrogen-bond donors (Lipinski definition) is 1. The summed E-state index contributed by atoms with van der Waals surface area (Å²) in [7, 11) is 1.46. The predicted octanol–water partition coefficient (Wildman–Crippen LogP) is 3.06. The average Bonchev–Trinajstić information content (AvgIpc) is 2.61. The van der Waals surface area contributed by atoms with E-state index in [4.69, 9.17) is 14.7 Å². The average molecular weight is 338 g/mol. The standard InChI is InChI=1S/C19H18N2O4/c1-12-7-8-17(24-3)16(9-12)19(23)25-13(2)18(22)21-15-6-4-5-14(10-15)11-20/h4-10,13H,1-3H3,(H,21,22)/t13-/m1/s1. The first-order valence-electron chi connectivity index (χ1n) is 7.61. The highest BCUT2D eigenvalue weighted by Gasteiger charge is 2.21. The summed E-state index contributed by atoms with van der Waals surface area (Å²) in [6, 6.07) is 13.6. The number of hydrogen-bond acceptors (Lipinski definition) is 5. The van der Waals surface area contributed by atoms with Crippen LogP contribution in [0.1, 0.15) is 28.4 Å². The number of ether oxygens (including phenoxy) is 2. The Morgan fingerprint density at radius 2 is 1.96 bits per heavy atom. The molecule has 25 heavy (non-hydrogen) atoms. The number of esters is 1. The fraction of sp³-hybridized carbons (Fsp3) is 0.211. The SMILES string of the molecule is COc1ccc(C)cc1C(=O)O[C@H](C)C(=O)Nc1cccc(C#N)c1. The molecule has 6 heteroatoms. The number of nitriles is 1. The van der Waals surface area contributed by atoms with Gasteiger partial charge in [-0.1, -0.05) is 17.7 Å². The van der Waals surface area contributed by atoms with E-state index in [1.807, 2.05) is 19.1 Å². The number of benzene rings is 2. The summed E-state index contributed by atoms with van der Waals surface area (Å²) >= 11 is 0. The molecule has 0 heterocycles. The van der Waals surface area contributed by atoms with Crippen LogP contribution in [-0.4, -0.2) is 25.1 Å². The van der Waals surface area contributed by atoms with E-state index in [1.54, 1.807) is 30.3 Å². The van der Waals surface area contributed by atoms with Crippen LogP contribution in [-0.2, 0) is 9.53 Å². The van der Waals surface area contributed by atoms with Crippen LogP contribution in [0.5, 0.6) is 5.75 Å².